The minimum atomic E-state index is -0.779. The number of aliphatic hydroxyl groups excluding tert-OH is 1. The van der Waals surface area contributed by atoms with Crippen LogP contribution in [0.1, 0.15) is 322 Å². The molecule has 0 amide bonds. The highest BCUT2D eigenvalue weighted by molar-refractivity contribution is 5.70. The van der Waals surface area contributed by atoms with Crippen molar-refractivity contribution in [3.63, 3.8) is 0 Å². The monoisotopic (exact) mass is 1110 g/mol. The molecule has 0 bridgehead atoms. The van der Waals surface area contributed by atoms with E-state index in [9.17, 15) is 14.7 Å². The number of rotatable bonds is 62. The number of carbonyl (C=O) groups excluding carboxylic acids is 2. The average Bonchev–Trinajstić information content (AvgIpc) is 3.46. The van der Waals surface area contributed by atoms with Crippen molar-refractivity contribution in [2.45, 2.75) is 328 Å². The van der Waals surface area contributed by atoms with Gasteiger partial charge in [-0.2, -0.15) is 0 Å². The number of unbranched alkanes of at least 4 members (excludes halogenated alkanes) is 34. The Kier molecular flexibility index (Phi) is 66.4. The highest BCUT2D eigenvalue weighted by Crippen LogP contribution is 2.18. The lowest BCUT2D eigenvalue weighted by Gasteiger charge is -2.15. The summed E-state index contributed by atoms with van der Waals surface area (Å²) in [6, 6.07) is 0. The molecule has 0 heterocycles. The van der Waals surface area contributed by atoms with Crippen LogP contribution in [0.2, 0.25) is 0 Å². The van der Waals surface area contributed by atoms with E-state index in [0.29, 0.717) is 12.8 Å². The lowest BCUT2D eigenvalue weighted by atomic mass is 10.0. The molecular formula is C75H128O5. The van der Waals surface area contributed by atoms with Crippen LogP contribution < -0.4 is 0 Å². The Balaban J connectivity index is 3.44. The van der Waals surface area contributed by atoms with E-state index in [-0.39, 0.29) is 25.2 Å². The quantitative estimate of drug-likeness (QED) is 0.0373. The van der Waals surface area contributed by atoms with Crippen molar-refractivity contribution < 1.29 is 24.2 Å². The lowest BCUT2D eigenvalue weighted by Crippen LogP contribution is -2.28. The number of allylic oxidation sites excluding steroid dienone is 20. The molecule has 5 heteroatoms. The van der Waals surface area contributed by atoms with E-state index in [4.69, 9.17) is 9.47 Å². The summed E-state index contributed by atoms with van der Waals surface area (Å²) in [5, 5.41) is 9.70. The van der Waals surface area contributed by atoms with Crippen LogP contribution in [0.25, 0.3) is 0 Å². The number of ether oxygens (including phenoxy) is 2. The maximum absolute atomic E-state index is 12.4. The zero-order chi connectivity index (χ0) is 57.6. The molecule has 0 aliphatic rings. The highest BCUT2D eigenvalue weighted by atomic mass is 16.6. The van der Waals surface area contributed by atoms with E-state index < -0.39 is 6.10 Å². The van der Waals surface area contributed by atoms with Gasteiger partial charge in [-0.15, -0.1) is 0 Å². The molecule has 0 aliphatic carbocycles. The second-order valence-electron chi connectivity index (χ2n) is 22.5. The molecule has 80 heavy (non-hydrogen) atoms. The van der Waals surface area contributed by atoms with E-state index in [2.05, 4.69) is 135 Å². The van der Waals surface area contributed by atoms with Gasteiger partial charge in [0.1, 0.15) is 6.61 Å². The van der Waals surface area contributed by atoms with Gasteiger partial charge in [0.05, 0.1) is 6.61 Å². The van der Waals surface area contributed by atoms with E-state index >= 15 is 0 Å². The largest absolute Gasteiger partial charge is 0.462 e. The van der Waals surface area contributed by atoms with Crippen LogP contribution in [0.4, 0.5) is 0 Å². The van der Waals surface area contributed by atoms with Crippen LogP contribution in [0.3, 0.4) is 0 Å². The molecule has 0 radical (unpaired) electrons. The number of aliphatic hydroxyl groups is 1. The topological polar surface area (TPSA) is 72.8 Å². The van der Waals surface area contributed by atoms with Crippen molar-refractivity contribution in [1.82, 2.24) is 0 Å². The first kappa shape index (κ1) is 76.3. The fourth-order valence-corrected chi connectivity index (χ4v) is 9.73. The normalized spacial score (nSPS) is 13.0. The minimum Gasteiger partial charge on any atom is -0.462 e. The summed E-state index contributed by atoms with van der Waals surface area (Å²) >= 11 is 0. The Hall–Kier alpha value is -3.70. The first-order valence-electron chi connectivity index (χ1n) is 34.1. The molecule has 0 saturated carbocycles. The Morgan fingerprint density at radius 1 is 0.287 bits per heavy atom. The lowest BCUT2D eigenvalue weighted by molar-refractivity contribution is -0.161. The predicted octanol–water partition coefficient (Wildman–Crippen LogP) is 23.8. The molecule has 0 rings (SSSR count). The molecule has 0 aromatic heterocycles. The predicted molar refractivity (Wildman–Crippen MR) is 352 cm³/mol. The Morgan fingerprint density at radius 2 is 0.500 bits per heavy atom. The van der Waals surface area contributed by atoms with E-state index in [1.165, 1.54) is 193 Å². The van der Waals surface area contributed by atoms with Gasteiger partial charge < -0.3 is 14.6 Å². The van der Waals surface area contributed by atoms with Crippen LogP contribution >= 0.6 is 0 Å². The second kappa shape index (κ2) is 69.6. The summed E-state index contributed by atoms with van der Waals surface area (Å²) in [6.07, 6.45) is 102. The zero-order valence-electron chi connectivity index (χ0n) is 52.6. The maximum Gasteiger partial charge on any atom is 0.306 e. The van der Waals surface area contributed by atoms with Gasteiger partial charge in [-0.1, -0.05) is 328 Å². The molecule has 0 aromatic carbocycles. The van der Waals surface area contributed by atoms with Crippen molar-refractivity contribution in [3.05, 3.63) is 122 Å². The Morgan fingerprint density at radius 3 is 0.750 bits per heavy atom. The van der Waals surface area contributed by atoms with Crippen molar-refractivity contribution in [2.24, 2.45) is 0 Å². The van der Waals surface area contributed by atoms with E-state index in [1.807, 2.05) is 0 Å². The standard InChI is InChI=1S/C75H128O5/c1-3-5-7-9-11-13-15-17-19-21-23-25-27-29-31-32-33-34-35-36-37-38-39-40-41-42-44-46-48-50-52-54-56-58-60-62-64-66-68-70-75(78)80-73(71-76)72-79-74(77)69-67-65-63-61-59-57-55-53-51-49-47-45-43-30-28-26-24-22-20-18-16-14-12-10-8-6-4-2/h5-8,11-14,17-20,23-26,29-31,43,73,76H,3-4,9-10,15-16,21-22,27-28,32-42,44-72H2,1-2H3/b7-5-,8-6-,13-11-,14-12-,19-17-,20-18-,25-23-,26-24-,31-29-,43-30-. The fourth-order valence-electron chi connectivity index (χ4n) is 9.73. The molecular weight excluding hydrogens is 981 g/mol. The third-order valence-electron chi connectivity index (χ3n) is 14.8. The molecule has 0 spiro atoms. The maximum atomic E-state index is 12.4. The van der Waals surface area contributed by atoms with Crippen LogP contribution in [0.15, 0.2) is 122 Å². The van der Waals surface area contributed by atoms with Crippen molar-refractivity contribution in [3.8, 4) is 0 Å². The van der Waals surface area contributed by atoms with E-state index in [0.717, 1.165) is 103 Å². The van der Waals surface area contributed by atoms with Gasteiger partial charge in [0.25, 0.3) is 0 Å². The second-order valence-corrected chi connectivity index (χ2v) is 22.5. The number of carbonyl (C=O) groups is 2. The summed E-state index contributed by atoms with van der Waals surface area (Å²) in [4.78, 5) is 24.6. The van der Waals surface area contributed by atoms with Crippen molar-refractivity contribution in [2.75, 3.05) is 13.2 Å². The molecule has 5 nitrogen and oxygen atoms in total. The molecule has 0 fully saturated rings. The summed E-state index contributed by atoms with van der Waals surface area (Å²) in [5.74, 6) is -0.585. The number of esters is 2. The first-order chi connectivity index (χ1) is 39.6. The van der Waals surface area contributed by atoms with Gasteiger partial charge in [-0.25, -0.2) is 0 Å². The molecule has 458 valence electrons. The van der Waals surface area contributed by atoms with E-state index in [1.54, 1.807) is 0 Å². The zero-order valence-corrected chi connectivity index (χ0v) is 52.6. The van der Waals surface area contributed by atoms with Gasteiger partial charge in [0.15, 0.2) is 6.10 Å². The molecule has 1 atom stereocenters. The van der Waals surface area contributed by atoms with Gasteiger partial charge in [0, 0.05) is 12.8 Å². The fraction of sp³-hybridized carbons (Fsp3) is 0.707. The Labute approximate surface area is 496 Å². The summed E-state index contributed by atoms with van der Waals surface area (Å²) in [6.45, 7) is 3.94. The van der Waals surface area contributed by atoms with Crippen LogP contribution in [0.5, 0.6) is 0 Å². The molecule has 1 N–H and O–H groups in total. The number of hydrogen-bond acceptors (Lipinski definition) is 5. The van der Waals surface area contributed by atoms with Gasteiger partial charge in [-0.05, 0) is 103 Å². The molecule has 0 saturated heterocycles. The first-order valence-corrected chi connectivity index (χ1v) is 34.1. The highest BCUT2D eigenvalue weighted by Gasteiger charge is 2.16. The van der Waals surface area contributed by atoms with Gasteiger partial charge in [-0.3, -0.25) is 9.59 Å². The number of hydrogen-bond donors (Lipinski definition) is 1. The van der Waals surface area contributed by atoms with Crippen molar-refractivity contribution in [1.29, 1.82) is 0 Å². The minimum absolute atomic E-state index is 0.0692. The van der Waals surface area contributed by atoms with Crippen LogP contribution in [0, 0.1) is 0 Å². The summed E-state index contributed by atoms with van der Waals surface area (Å²) < 4.78 is 10.8. The molecule has 0 aliphatic heterocycles. The smallest absolute Gasteiger partial charge is 0.306 e. The third kappa shape index (κ3) is 66.8. The molecule has 1 unspecified atom stereocenters. The Bertz CT molecular complexity index is 1590. The average molecular weight is 1110 g/mol. The van der Waals surface area contributed by atoms with Crippen LogP contribution in [-0.4, -0.2) is 36.4 Å². The summed E-state index contributed by atoms with van der Waals surface area (Å²) in [5.41, 5.74) is 0. The third-order valence-corrected chi connectivity index (χ3v) is 14.8. The SMILES string of the molecule is CC/C=C\C/C=C\C/C=C\C/C=C\C/C=C\CCCCCCCCCCCCCCCCCCCCCCCCCC(=O)OC(CO)COC(=O)CCCCCCCCCCCCC/C=C\C/C=C\C/C=C\C/C=C\C/C=C\CC. The molecule has 0 aromatic rings. The summed E-state index contributed by atoms with van der Waals surface area (Å²) in [7, 11) is 0. The van der Waals surface area contributed by atoms with Crippen LogP contribution in [-0.2, 0) is 19.1 Å². The van der Waals surface area contributed by atoms with Gasteiger partial charge >= 0.3 is 11.9 Å². The van der Waals surface area contributed by atoms with Crippen molar-refractivity contribution >= 4 is 11.9 Å². The van der Waals surface area contributed by atoms with Gasteiger partial charge in [0.2, 0.25) is 0 Å².